The lowest BCUT2D eigenvalue weighted by atomic mass is 10.1. The number of rotatable bonds is 6. The van der Waals surface area contributed by atoms with E-state index in [0.29, 0.717) is 13.0 Å². The Hall–Kier alpha value is -0.390. The highest BCUT2D eigenvalue weighted by Gasteiger charge is 2.16. The minimum atomic E-state index is -0.318. The molecule has 0 radical (unpaired) electrons. The smallest absolute Gasteiger partial charge is 0.228 e. The molecule has 0 saturated carbocycles. The van der Waals surface area contributed by atoms with Gasteiger partial charge in [-0.15, -0.1) is 11.3 Å². The van der Waals surface area contributed by atoms with Gasteiger partial charge < -0.3 is 10.4 Å². The van der Waals surface area contributed by atoms with Crippen molar-refractivity contribution in [3.8, 4) is 0 Å². The molecule has 0 bridgehead atoms. The van der Waals surface area contributed by atoms with E-state index in [9.17, 15) is 9.90 Å². The minimum Gasteiger partial charge on any atom is -0.393 e. The quantitative estimate of drug-likeness (QED) is 0.847. The molecular formula is C12H18BrNO2S. The Bertz CT molecular complexity index is 367. The Balaban J connectivity index is 2.37. The average molecular weight is 320 g/mol. The Morgan fingerprint density at radius 2 is 2.29 bits per heavy atom. The number of nitrogens with one attached hydrogen (secondary N) is 1. The zero-order chi connectivity index (χ0) is 12.8. The van der Waals surface area contributed by atoms with Crippen molar-refractivity contribution < 1.29 is 9.90 Å². The first-order valence-corrected chi connectivity index (χ1v) is 7.36. The molecule has 0 aliphatic heterocycles. The first kappa shape index (κ1) is 14.7. The first-order chi connectivity index (χ1) is 8.04. The first-order valence-electron chi connectivity index (χ1n) is 5.75. The SMILES string of the molecule is CCC(O)CCNC(=O)C(C)c1ccc(Br)s1. The molecule has 0 saturated heterocycles. The van der Waals surface area contributed by atoms with Crippen molar-refractivity contribution in [3.05, 3.63) is 20.8 Å². The van der Waals surface area contributed by atoms with E-state index in [4.69, 9.17) is 0 Å². The molecule has 0 spiro atoms. The van der Waals surface area contributed by atoms with Crippen LogP contribution in [0.2, 0.25) is 0 Å². The maximum atomic E-state index is 11.8. The van der Waals surface area contributed by atoms with E-state index in [-0.39, 0.29) is 17.9 Å². The molecule has 1 aromatic heterocycles. The van der Waals surface area contributed by atoms with Crippen LogP contribution in [0.3, 0.4) is 0 Å². The van der Waals surface area contributed by atoms with Crippen LogP contribution in [0.5, 0.6) is 0 Å². The number of aliphatic hydroxyl groups is 1. The fourth-order valence-electron chi connectivity index (χ4n) is 1.41. The van der Waals surface area contributed by atoms with Crippen LogP contribution in [0, 0.1) is 0 Å². The van der Waals surface area contributed by atoms with Crippen molar-refractivity contribution >= 4 is 33.2 Å². The molecule has 2 N–H and O–H groups in total. The Kier molecular flexibility index (Phi) is 6.16. The van der Waals surface area contributed by atoms with Crippen molar-refractivity contribution in [2.75, 3.05) is 6.54 Å². The van der Waals surface area contributed by atoms with Gasteiger partial charge in [-0.25, -0.2) is 0 Å². The van der Waals surface area contributed by atoms with Gasteiger partial charge in [0.05, 0.1) is 15.8 Å². The number of halogens is 1. The summed E-state index contributed by atoms with van der Waals surface area (Å²) in [4.78, 5) is 12.9. The highest BCUT2D eigenvalue weighted by Crippen LogP contribution is 2.28. The topological polar surface area (TPSA) is 49.3 Å². The largest absolute Gasteiger partial charge is 0.393 e. The lowest BCUT2D eigenvalue weighted by molar-refractivity contribution is -0.122. The molecule has 0 aliphatic carbocycles. The van der Waals surface area contributed by atoms with Gasteiger partial charge in [-0.05, 0) is 47.8 Å². The normalized spacial score (nSPS) is 14.4. The molecule has 1 amide bonds. The summed E-state index contributed by atoms with van der Waals surface area (Å²) >= 11 is 4.96. The number of carbonyl (C=O) groups is 1. The monoisotopic (exact) mass is 319 g/mol. The Morgan fingerprint density at radius 1 is 1.59 bits per heavy atom. The van der Waals surface area contributed by atoms with Crippen LogP contribution in [0.15, 0.2) is 15.9 Å². The van der Waals surface area contributed by atoms with Crippen LogP contribution in [-0.4, -0.2) is 23.7 Å². The lowest BCUT2D eigenvalue weighted by Crippen LogP contribution is -2.30. The van der Waals surface area contributed by atoms with Crippen LogP contribution >= 0.6 is 27.3 Å². The predicted molar refractivity (Wildman–Crippen MR) is 74.4 cm³/mol. The number of hydrogen-bond acceptors (Lipinski definition) is 3. The van der Waals surface area contributed by atoms with Gasteiger partial charge in [0.1, 0.15) is 0 Å². The fraction of sp³-hybridized carbons (Fsp3) is 0.583. The zero-order valence-corrected chi connectivity index (χ0v) is 12.5. The summed E-state index contributed by atoms with van der Waals surface area (Å²) in [5.41, 5.74) is 0. The van der Waals surface area contributed by atoms with E-state index in [2.05, 4.69) is 21.2 Å². The minimum absolute atomic E-state index is 0.0163. The number of amides is 1. The summed E-state index contributed by atoms with van der Waals surface area (Å²) in [6.45, 7) is 4.35. The number of carbonyl (C=O) groups excluding carboxylic acids is 1. The summed E-state index contributed by atoms with van der Waals surface area (Å²) in [6.07, 6.45) is 1.02. The van der Waals surface area contributed by atoms with Crippen molar-refractivity contribution in [1.82, 2.24) is 5.32 Å². The molecule has 96 valence electrons. The summed E-state index contributed by atoms with van der Waals surface area (Å²) in [5.74, 6) is -0.118. The summed E-state index contributed by atoms with van der Waals surface area (Å²) < 4.78 is 1.04. The van der Waals surface area contributed by atoms with Gasteiger partial charge in [-0.3, -0.25) is 4.79 Å². The maximum absolute atomic E-state index is 11.8. The van der Waals surface area contributed by atoms with Crippen LogP contribution in [-0.2, 0) is 4.79 Å². The molecule has 1 aromatic rings. The van der Waals surface area contributed by atoms with Gasteiger partial charge >= 0.3 is 0 Å². The van der Waals surface area contributed by atoms with E-state index in [1.807, 2.05) is 26.0 Å². The second-order valence-electron chi connectivity index (χ2n) is 4.01. The van der Waals surface area contributed by atoms with Crippen LogP contribution in [0.25, 0.3) is 0 Å². The lowest BCUT2D eigenvalue weighted by Gasteiger charge is -2.12. The average Bonchev–Trinajstić information content (AvgIpc) is 2.74. The fourth-order valence-corrected chi connectivity index (χ4v) is 2.88. The van der Waals surface area contributed by atoms with E-state index < -0.39 is 0 Å². The summed E-state index contributed by atoms with van der Waals surface area (Å²) in [5, 5.41) is 12.2. The van der Waals surface area contributed by atoms with Gasteiger partial charge in [0.15, 0.2) is 0 Å². The molecule has 0 fully saturated rings. The second-order valence-corrected chi connectivity index (χ2v) is 6.50. The number of thiophene rings is 1. The number of aliphatic hydroxyl groups excluding tert-OH is 1. The third-order valence-corrected chi connectivity index (χ3v) is 4.47. The van der Waals surface area contributed by atoms with Crippen LogP contribution < -0.4 is 5.32 Å². The highest BCUT2D eigenvalue weighted by molar-refractivity contribution is 9.11. The number of hydrogen-bond donors (Lipinski definition) is 2. The highest BCUT2D eigenvalue weighted by atomic mass is 79.9. The van der Waals surface area contributed by atoms with E-state index in [1.54, 1.807) is 11.3 Å². The van der Waals surface area contributed by atoms with E-state index in [0.717, 1.165) is 15.1 Å². The van der Waals surface area contributed by atoms with Gasteiger partial charge in [-0.1, -0.05) is 6.92 Å². The third kappa shape index (κ3) is 4.77. The van der Waals surface area contributed by atoms with E-state index >= 15 is 0 Å². The molecule has 17 heavy (non-hydrogen) atoms. The molecular weight excluding hydrogens is 302 g/mol. The molecule has 2 unspecified atom stereocenters. The van der Waals surface area contributed by atoms with Gasteiger partial charge in [0, 0.05) is 11.4 Å². The molecule has 0 aliphatic rings. The maximum Gasteiger partial charge on any atom is 0.228 e. The summed E-state index contributed by atoms with van der Waals surface area (Å²) in [7, 11) is 0. The molecule has 3 nitrogen and oxygen atoms in total. The van der Waals surface area contributed by atoms with Crippen molar-refractivity contribution in [2.45, 2.75) is 38.7 Å². The van der Waals surface area contributed by atoms with Crippen molar-refractivity contribution in [1.29, 1.82) is 0 Å². The molecule has 5 heteroatoms. The molecule has 1 rings (SSSR count). The molecule has 2 atom stereocenters. The second kappa shape index (κ2) is 7.13. The van der Waals surface area contributed by atoms with E-state index in [1.165, 1.54) is 0 Å². The predicted octanol–water partition coefficient (Wildman–Crippen LogP) is 2.89. The van der Waals surface area contributed by atoms with Gasteiger partial charge in [0.25, 0.3) is 0 Å². The molecule has 1 heterocycles. The van der Waals surface area contributed by atoms with Gasteiger partial charge in [-0.2, -0.15) is 0 Å². The molecule has 0 aromatic carbocycles. The summed E-state index contributed by atoms with van der Waals surface area (Å²) in [6, 6.07) is 3.91. The zero-order valence-electron chi connectivity index (χ0n) is 10.1. The Morgan fingerprint density at radius 3 is 2.82 bits per heavy atom. The van der Waals surface area contributed by atoms with Crippen molar-refractivity contribution in [3.63, 3.8) is 0 Å². The standard InChI is InChI=1S/C12H18BrNO2S/c1-3-9(15)6-7-14-12(16)8(2)10-4-5-11(13)17-10/h4-5,8-9,15H,3,6-7H2,1-2H3,(H,14,16). The third-order valence-electron chi connectivity index (χ3n) is 2.66. The van der Waals surface area contributed by atoms with Gasteiger partial charge in [0.2, 0.25) is 5.91 Å². The van der Waals surface area contributed by atoms with Crippen molar-refractivity contribution in [2.24, 2.45) is 0 Å². The van der Waals surface area contributed by atoms with Crippen LogP contribution in [0.4, 0.5) is 0 Å². The Labute approximate surface area is 114 Å². The van der Waals surface area contributed by atoms with Crippen LogP contribution in [0.1, 0.15) is 37.5 Å².